The van der Waals surface area contributed by atoms with Gasteiger partial charge in [-0.2, -0.15) is 5.26 Å². The molecule has 0 saturated carbocycles. The predicted molar refractivity (Wildman–Crippen MR) is 98.5 cm³/mol. The smallest absolute Gasteiger partial charge is 0.321 e. The van der Waals surface area contributed by atoms with Crippen LogP contribution in [0, 0.1) is 11.3 Å². The molecule has 25 heavy (non-hydrogen) atoms. The summed E-state index contributed by atoms with van der Waals surface area (Å²) in [6.07, 6.45) is 0.978. The van der Waals surface area contributed by atoms with Crippen molar-refractivity contribution < 1.29 is 4.79 Å². The molecule has 1 saturated heterocycles. The number of nitriles is 1. The number of aryl methyl sites for hydroxylation is 1. The lowest BCUT2D eigenvalue weighted by Gasteiger charge is -2.34. The number of rotatable bonds is 4. The molecule has 2 aromatic rings. The summed E-state index contributed by atoms with van der Waals surface area (Å²) in [5.74, 6) is 0. The zero-order valence-electron chi connectivity index (χ0n) is 14.2. The fraction of sp³-hybridized carbons (Fsp3) is 0.389. The molecule has 1 N–H and O–H groups in total. The van der Waals surface area contributed by atoms with Crippen LogP contribution in [0.15, 0.2) is 29.6 Å². The van der Waals surface area contributed by atoms with Crippen LogP contribution < -0.4 is 5.32 Å². The fourth-order valence-electron chi connectivity index (χ4n) is 2.79. The van der Waals surface area contributed by atoms with Gasteiger partial charge in [0.15, 0.2) is 0 Å². The molecule has 2 heterocycles. The highest BCUT2D eigenvalue weighted by atomic mass is 32.1. The van der Waals surface area contributed by atoms with E-state index in [-0.39, 0.29) is 6.03 Å². The normalized spacial score (nSPS) is 15.0. The number of hydrogen-bond donors (Lipinski definition) is 1. The third-order valence-electron chi connectivity index (χ3n) is 4.19. The lowest BCUT2D eigenvalue weighted by atomic mass is 10.2. The first-order chi connectivity index (χ1) is 12.2. The first kappa shape index (κ1) is 17.4. The molecule has 6 nitrogen and oxygen atoms in total. The summed E-state index contributed by atoms with van der Waals surface area (Å²) in [7, 11) is 0. The number of aromatic nitrogens is 1. The Bertz CT molecular complexity index is 774. The summed E-state index contributed by atoms with van der Waals surface area (Å²) in [5.41, 5.74) is 2.31. The molecule has 1 aromatic carbocycles. The number of thiazole rings is 1. The van der Waals surface area contributed by atoms with E-state index in [1.54, 1.807) is 35.6 Å². The largest absolute Gasteiger partial charge is 0.322 e. The SMILES string of the molecule is CCc1nc(CN2CCN(C(=O)Nc3cccc(C#N)c3)CC2)cs1. The Hall–Kier alpha value is -2.43. The van der Waals surface area contributed by atoms with Crippen LogP contribution in [0.5, 0.6) is 0 Å². The zero-order valence-corrected chi connectivity index (χ0v) is 15.1. The lowest BCUT2D eigenvalue weighted by molar-refractivity contribution is 0.142. The Kier molecular flexibility index (Phi) is 5.64. The molecule has 1 aliphatic heterocycles. The summed E-state index contributed by atoms with van der Waals surface area (Å²) < 4.78 is 0. The maximum atomic E-state index is 12.4. The maximum absolute atomic E-state index is 12.4. The monoisotopic (exact) mass is 355 g/mol. The molecule has 3 rings (SSSR count). The van der Waals surface area contributed by atoms with Crippen molar-refractivity contribution in [1.82, 2.24) is 14.8 Å². The summed E-state index contributed by atoms with van der Waals surface area (Å²) in [5, 5.41) is 15.1. The second-order valence-electron chi connectivity index (χ2n) is 5.97. The molecule has 2 amide bonds. The number of anilines is 1. The third-order valence-corrected chi connectivity index (χ3v) is 5.23. The van der Waals surface area contributed by atoms with E-state index in [1.807, 2.05) is 4.90 Å². The lowest BCUT2D eigenvalue weighted by Crippen LogP contribution is -2.49. The molecule has 1 aliphatic rings. The Morgan fingerprint density at radius 2 is 2.16 bits per heavy atom. The van der Waals surface area contributed by atoms with Crippen molar-refractivity contribution in [2.45, 2.75) is 19.9 Å². The minimum absolute atomic E-state index is 0.114. The van der Waals surface area contributed by atoms with Gasteiger partial charge >= 0.3 is 6.03 Å². The molecule has 0 radical (unpaired) electrons. The van der Waals surface area contributed by atoms with E-state index in [0.717, 1.165) is 31.7 Å². The van der Waals surface area contributed by atoms with E-state index in [9.17, 15) is 4.79 Å². The Labute approximate surface area is 151 Å². The number of piperazine rings is 1. The average Bonchev–Trinajstić information content (AvgIpc) is 3.10. The number of carbonyl (C=O) groups is 1. The number of carbonyl (C=O) groups excluding carboxylic acids is 1. The van der Waals surface area contributed by atoms with Crippen molar-refractivity contribution in [3.8, 4) is 6.07 Å². The molecule has 7 heteroatoms. The van der Waals surface area contributed by atoms with Crippen LogP contribution in [0.4, 0.5) is 10.5 Å². The molecule has 0 unspecified atom stereocenters. The fourth-order valence-corrected chi connectivity index (χ4v) is 3.53. The summed E-state index contributed by atoms with van der Waals surface area (Å²) in [6, 6.07) is 8.93. The van der Waals surface area contributed by atoms with Crippen LogP contribution >= 0.6 is 11.3 Å². The average molecular weight is 355 g/mol. The quantitative estimate of drug-likeness (QED) is 0.915. The Morgan fingerprint density at radius 3 is 2.84 bits per heavy atom. The minimum atomic E-state index is -0.114. The molecule has 0 atom stereocenters. The van der Waals surface area contributed by atoms with E-state index in [2.05, 4.69) is 33.6 Å². The molecule has 0 aliphatic carbocycles. The number of hydrogen-bond acceptors (Lipinski definition) is 5. The van der Waals surface area contributed by atoms with Gasteiger partial charge < -0.3 is 10.2 Å². The van der Waals surface area contributed by atoms with Gasteiger partial charge in [0.25, 0.3) is 0 Å². The van der Waals surface area contributed by atoms with Gasteiger partial charge in [0.2, 0.25) is 0 Å². The van der Waals surface area contributed by atoms with Crippen LogP contribution in [0.1, 0.15) is 23.2 Å². The first-order valence-corrected chi connectivity index (χ1v) is 9.27. The molecule has 0 bridgehead atoms. The van der Waals surface area contributed by atoms with Gasteiger partial charge in [0.05, 0.1) is 22.3 Å². The standard InChI is InChI=1S/C18H21N5OS/c1-2-17-20-16(13-25-17)12-22-6-8-23(9-7-22)18(24)21-15-5-3-4-14(10-15)11-19/h3-5,10,13H,2,6-9,12H2,1H3,(H,21,24). The topological polar surface area (TPSA) is 72.3 Å². The van der Waals surface area contributed by atoms with Crippen LogP contribution in [-0.2, 0) is 13.0 Å². The van der Waals surface area contributed by atoms with Gasteiger partial charge in [-0.3, -0.25) is 4.90 Å². The number of amides is 2. The number of nitrogens with zero attached hydrogens (tertiary/aromatic N) is 4. The first-order valence-electron chi connectivity index (χ1n) is 8.39. The highest BCUT2D eigenvalue weighted by Gasteiger charge is 2.21. The molecular formula is C18H21N5OS. The number of urea groups is 1. The van der Waals surface area contributed by atoms with Crippen LogP contribution in [0.2, 0.25) is 0 Å². The zero-order chi connectivity index (χ0) is 17.6. The highest BCUT2D eigenvalue weighted by molar-refractivity contribution is 7.09. The van der Waals surface area contributed by atoms with Gasteiger partial charge in [0, 0.05) is 43.8 Å². The van der Waals surface area contributed by atoms with Crippen molar-refractivity contribution in [3.63, 3.8) is 0 Å². The van der Waals surface area contributed by atoms with Crippen molar-refractivity contribution >= 4 is 23.1 Å². The summed E-state index contributed by atoms with van der Waals surface area (Å²) >= 11 is 1.71. The molecule has 130 valence electrons. The third kappa shape index (κ3) is 4.56. The van der Waals surface area contributed by atoms with Crippen molar-refractivity contribution in [3.05, 3.63) is 45.9 Å². The van der Waals surface area contributed by atoms with Crippen LogP contribution in [-0.4, -0.2) is 47.0 Å². The minimum Gasteiger partial charge on any atom is -0.322 e. The number of nitrogens with one attached hydrogen (secondary N) is 1. The molecular weight excluding hydrogens is 334 g/mol. The maximum Gasteiger partial charge on any atom is 0.321 e. The van der Waals surface area contributed by atoms with Crippen molar-refractivity contribution in [2.75, 3.05) is 31.5 Å². The van der Waals surface area contributed by atoms with Crippen molar-refractivity contribution in [1.29, 1.82) is 5.26 Å². The van der Waals surface area contributed by atoms with Gasteiger partial charge in [-0.1, -0.05) is 13.0 Å². The van der Waals surface area contributed by atoms with E-state index in [1.165, 1.54) is 5.01 Å². The van der Waals surface area contributed by atoms with Crippen LogP contribution in [0.3, 0.4) is 0 Å². The van der Waals surface area contributed by atoms with E-state index in [4.69, 9.17) is 5.26 Å². The van der Waals surface area contributed by atoms with Gasteiger partial charge in [-0.05, 0) is 24.6 Å². The van der Waals surface area contributed by atoms with Gasteiger partial charge in [-0.25, -0.2) is 9.78 Å². The summed E-state index contributed by atoms with van der Waals surface area (Å²) in [6.45, 7) is 6.01. The predicted octanol–water partition coefficient (Wildman–Crippen LogP) is 2.93. The number of benzene rings is 1. The Morgan fingerprint density at radius 1 is 1.36 bits per heavy atom. The van der Waals surface area contributed by atoms with E-state index in [0.29, 0.717) is 24.3 Å². The molecule has 1 aromatic heterocycles. The van der Waals surface area contributed by atoms with Gasteiger partial charge in [0.1, 0.15) is 0 Å². The van der Waals surface area contributed by atoms with Gasteiger partial charge in [-0.15, -0.1) is 11.3 Å². The second kappa shape index (κ2) is 8.10. The molecule has 1 fully saturated rings. The summed E-state index contributed by atoms with van der Waals surface area (Å²) in [4.78, 5) is 21.1. The van der Waals surface area contributed by atoms with Crippen molar-refractivity contribution in [2.24, 2.45) is 0 Å². The second-order valence-corrected chi connectivity index (χ2v) is 6.91. The highest BCUT2D eigenvalue weighted by Crippen LogP contribution is 2.15. The van der Waals surface area contributed by atoms with E-state index < -0.39 is 0 Å². The van der Waals surface area contributed by atoms with E-state index >= 15 is 0 Å². The molecule has 0 spiro atoms. The van der Waals surface area contributed by atoms with Crippen LogP contribution in [0.25, 0.3) is 0 Å². The Balaban J connectivity index is 1.49.